The molecule has 0 aliphatic rings. The molecule has 4 heteroatoms. The molecule has 0 aliphatic heterocycles. The zero-order valence-electron chi connectivity index (χ0n) is 21.0. The first-order valence-corrected chi connectivity index (χ1v) is 12.9. The van der Waals surface area contributed by atoms with E-state index in [9.17, 15) is 9.59 Å². The lowest BCUT2D eigenvalue weighted by Gasteiger charge is -2.15. The van der Waals surface area contributed by atoms with E-state index >= 15 is 0 Å². The second kappa shape index (κ2) is 17.7. The second-order valence-corrected chi connectivity index (χ2v) is 9.45. The van der Waals surface area contributed by atoms with Crippen molar-refractivity contribution < 1.29 is 19.1 Å². The average molecular weight is 447 g/mol. The van der Waals surface area contributed by atoms with Crippen LogP contribution < -0.4 is 0 Å². The zero-order chi connectivity index (χ0) is 23.6. The minimum absolute atomic E-state index is 0.149. The van der Waals surface area contributed by atoms with Crippen molar-refractivity contribution in [2.75, 3.05) is 6.61 Å². The van der Waals surface area contributed by atoms with E-state index < -0.39 is 5.97 Å². The molecule has 0 saturated heterocycles. The number of esters is 2. The fourth-order valence-corrected chi connectivity index (χ4v) is 3.93. The van der Waals surface area contributed by atoms with Gasteiger partial charge in [-0.3, -0.25) is 0 Å². The Morgan fingerprint density at radius 1 is 0.750 bits per heavy atom. The van der Waals surface area contributed by atoms with Crippen LogP contribution in [-0.2, 0) is 9.47 Å². The van der Waals surface area contributed by atoms with Crippen molar-refractivity contribution in [3.05, 3.63) is 35.4 Å². The van der Waals surface area contributed by atoms with Crippen molar-refractivity contribution in [2.45, 2.75) is 117 Å². The van der Waals surface area contributed by atoms with Crippen LogP contribution in [0.1, 0.15) is 132 Å². The first-order chi connectivity index (χ1) is 15.4. The molecule has 0 heterocycles. The third-order valence-corrected chi connectivity index (χ3v) is 5.68. The van der Waals surface area contributed by atoms with Crippen LogP contribution >= 0.6 is 0 Å². The summed E-state index contributed by atoms with van der Waals surface area (Å²) in [5.74, 6) is -0.314. The summed E-state index contributed by atoms with van der Waals surface area (Å²) in [5.41, 5.74) is 0.787. The van der Waals surface area contributed by atoms with E-state index in [4.69, 9.17) is 9.47 Å². The van der Waals surface area contributed by atoms with Gasteiger partial charge in [-0.1, -0.05) is 97.5 Å². The monoisotopic (exact) mass is 446 g/mol. The summed E-state index contributed by atoms with van der Waals surface area (Å²) in [4.78, 5) is 24.6. The predicted octanol–water partition coefficient (Wildman–Crippen LogP) is 8.14. The maximum absolute atomic E-state index is 12.3. The summed E-state index contributed by atoms with van der Waals surface area (Å²) >= 11 is 0. The topological polar surface area (TPSA) is 52.6 Å². The van der Waals surface area contributed by atoms with Gasteiger partial charge in [-0.25, -0.2) is 9.59 Å². The Labute approximate surface area is 196 Å². The van der Waals surface area contributed by atoms with E-state index in [0.717, 1.165) is 19.3 Å². The van der Waals surface area contributed by atoms with Crippen LogP contribution in [0.4, 0.5) is 0 Å². The van der Waals surface area contributed by atoms with E-state index in [1.807, 2.05) is 6.92 Å². The van der Waals surface area contributed by atoms with E-state index in [-0.39, 0.29) is 12.1 Å². The Bertz CT molecular complexity index is 638. The van der Waals surface area contributed by atoms with E-state index in [0.29, 0.717) is 23.7 Å². The highest BCUT2D eigenvalue weighted by atomic mass is 16.5. The third kappa shape index (κ3) is 13.5. The highest BCUT2D eigenvalue weighted by molar-refractivity contribution is 5.95. The van der Waals surface area contributed by atoms with Gasteiger partial charge in [0.25, 0.3) is 0 Å². The molecule has 32 heavy (non-hydrogen) atoms. The van der Waals surface area contributed by atoms with Gasteiger partial charge >= 0.3 is 11.9 Å². The number of ether oxygens (including phenoxy) is 2. The van der Waals surface area contributed by atoms with Gasteiger partial charge in [0.1, 0.15) is 0 Å². The van der Waals surface area contributed by atoms with Crippen LogP contribution in [0.15, 0.2) is 24.3 Å². The van der Waals surface area contributed by atoms with Gasteiger partial charge in [-0.05, 0) is 43.9 Å². The fourth-order valence-electron chi connectivity index (χ4n) is 3.93. The standard InChI is InChI=1S/C28H46O4/c1-5-6-7-8-9-10-11-12-13-14-15-16-20-31-27(29)25-18-17-19-26(22-25)28(30)32-24(4)21-23(2)3/h17-19,22-24H,5-16,20-21H2,1-4H3. The summed E-state index contributed by atoms with van der Waals surface area (Å²) in [6, 6.07) is 6.62. The maximum atomic E-state index is 12.3. The lowest BCUT2D eigenvalue weighted by atomic mass is 10.1. The fraction of sp³-hybridized carbons (Fsp3) is 0.714. The molecule has 1 atom stereocenters. The molecule has 0 saturated carbocycles. The summed E-state index contributed by atoms with van der Waals surface area (Å²) in [7, 11) is 0. The van der Waals surface area contributed by atoms with Crippen LogP contribution in [0.5, 0.6) is 0 Å². The number of carbonyl (C=O) groups excluding carboxylic acids is 2. The Kier molecular flexibility index (Phi) is 15.6. The summed E-state index contributed by atoms with van der Waals surface area (Å²) in [6.07, 6.45) is 16.0. The number of benzene rings is 1. The first kappa shape index (κ1) is 28.2. The van der Waals surface area contributed by atoms with Crippen LogP contribution in [0.2, 0.25) is 0 Å². The number of hydrogen-bond acceptors (Lipinski definition) is 4. The smallest absolute Gasteiger partial charge is 0.338 e. The van der Waals surface area contributed by atoms with Gasteiger partial charge in [0.05, 0.1) is 23.8 Å². The number of rotatable bonds is 18. The van der Waals surface area contributed by atoms with Gasteiger partial charge in [-0.15, -0.1) is 0 Å². The number of carbonyl (C=O) groups is 2. The Hall–Kier alpha value is -1.84. The van der Waals surface area contributed by atoms with Crippen molar-refractivity contribution in [1.29, 1.82) is 0 Å². The molecule has 182 valence electrons. The third-order valence-electron chi connectivity index (χ3n) is 5.68. The van der Waals surface area contributed by atoms with Gasteiger partial charge < -0.3 is 9.47 Å². The average Bonchev–Trinajstić information content (AvgIpc) is 2.76. The normalized spacial score (nSPS) is 12.0. The Morgan fingerprint density at radius 2 is 1.25 bits per heavy atom. The zero-order valence-corrected chi connectivity index (χ0v) is 21.0. The van der Waals surface area contributed by atoms with Crippen molar-refractivity contribution in [3.8, 4) is 0 Å². The molecule has 4 nitrogen and oxygen atoms in total. The van der Waals surface area contributed by atoms with E-state index in [2.05, 4.69) is 20.8 Å². The molecule has 1 aromatic rings. The second-order valence-electron chi connectivity index (χ2n) is 9.45. The molecule has 0 radical (unpaired) electrons. The Morgan fingerprint density at radius 3 is 1.78 bits per heavy atom. The molecule has 1 unspecified atom stereocenters. The number of hydrogen-bond donors (Lipinski definition) is 0. The van der Waals surface area contributed by atoms with Crippen molar-refractivity contribution in [2.24, 2.45) is 5.92 Å². The molecule has 0 aliphatic carbocycles. The predicted molar refractivity (Wildman–Crippen MR) is 132 cm³/mol. The molecule has 0 aromatic heterocycles. The van der Waals surface area contributed by atoms with Crippen molar-refractivity contribution in [1.82, 2.24) is 0 Å². The van der Waals surface area contributed by atoms with Crippen LogP contribution in [0, 0.1) is 5.92 Å². The van der Waals surface area contributed by atoms with Crippen LogP contribution in [0.3, 0.4) is 0 Å². The van der Waals surface area contributed by atoms with Gasteiger partial charge in [0.15, 0.2) is 0 Å². The van der Waals surface area contributed by atoms with Gasteiger partial charge in [-0.2, -0.15) is 0 Å². The van der Waals surface area contributed by atoms with E-state index in [1.165, 1.54) is 64.2 Å². The maximum Gasteiger partial charge on any atom is 0.338 e. The Balaban J connectivity index is 2.17. The van der Waals surface area contributed by atoms with E-state index in [1.54, 1.807) is 24.3 Å². The van der Waals surface area contributed by atoms with Crippen LogP contribution in [-0.4, -0.2) is 24.6 Å². The lowest BCUT2D eigenvalue weighted by molar-refractivity contribution is 0.0299. The molecule has 0 spiro atoms. The molecule has 0 amide bonds. The minimum atomic E-state index is -0.395. The molecule has 1 aromatic carbocycles. The SMILES string of the molecule is CCCCCCCCCCCCCCOC(=O)c1cccc(C(=O)OC(C)CC(C)C)c1. The largest absolute Gasteiger partial charge is 0.462 e. The summed E-state index contributed by atoms with van der Waals surface area (Å²) < 4.78 is 10.9. The lowest BCUT2D eigenvalue weighted by Crippen LogP contribution is -2.17. The molecular formula is C28H46O4. The minimum Gasteiger partial charge on any atom is -0.462 e. The highest BCUT2D eigenvalue weighted by Gasteiger charge is 2.15. The highest BCUT2D eigenvalue weighted by Crippen LogP contribution is 2.14. The molecule has 1 rings (SSSR count). The molecular weight excluding hydrogens is 400 g/mol. The van der Waals surface area contributed by atoms with Crippen LogP contribution in [0.25, 0.3) is 0 Å². The summed E-state index contributed by atoms with van der Waals surface area (Å²) in [5, 5.41) is 0. The van der Waals surface area contributed by atoms with Gasteiger partial charge in [0, 0.05) is 0 Å². The first-order valence-electron chi connectivity index (χ1n) is 12.9. The van der Waals surface area contributed by atoms with Crippen molar-refractivity contribution >= 4 is 11.9 Å². The molecule has 0 fully saturated rings. The molecule has 0 bridgehead atoms. The molecule has 0 N–H and O–H groups in total. The van der Waals surface area contributed by atoms with Crippen molar-refractivity contribution in [3.63, 3.8) is 0 Å². The summed E-state index contributed by atoms with van der Waals surface area (Å²) in [6.45, 7) is 8.77. The number of unbranched alkanes of at least 4 members (excludes halogenated alkanes) is 11. The quantitative estimate of drug-likeness (QED) is 0.169. The van der Waals surface area contributed by atoms with Gasteiger partial charge in [0.2, 0.25) is 0 Å².